The van der Waals surface area contributed by atoms with Crippen molar-refractivity contribution in [2.45, 2.75) is 31.3 Å². The summed E-state index contributed by atoms with van der Waals surface area (Å²) in [6.07, 6.45) is 1.31. The average molecular weight is 350 g/mol. The molecule has 0 radical (unpaired) electrons. The van der Waals surface area contributed by atoms with E-state index in [1.165, 1.54) is 13.2 Å². The molecule has 0 aliphatic carbocycles. The van der Waals surface area contributed by atoms with Crippen LogP contribution in [0.2, 0.25) is 0 Å². The maximum absolute atomic E-state index is 13.8. The molecule has 136 valence electrons. The largest absolute Gasteiger partial charge is 0.494 e. The number of carbonyl (C=O) groups excluding carboxylic acids is 1. The molecule has 1 spiro atoms. The van der Waals surface area contributed by atoms with Crippen molar-refractivity contribution < 1.29 is 23.8 Å². The summed E-state index contributed by atoms with van der Waals surface area (Å²) in [7, 11) is 3.14. The second kappa shape index (κ2) is 6.63. The van der Waals surface area contributed by atoms with Crippen molar-refractivity contribution in [1.82, 2.24) is 9.80 Å². The fraction of sp³-hybridized carbons (Fsp3) is 0.556. The maximum Gasteiger partial charge on any atom is 0.309 e. The standard InChI is InChI=1S/C18H23FN2O4/c1-20-16(22)10-13(17(23)24)18(20)5-7-21(8-6-18)11-12-3-4-15(25-2)14(19)9-12/h3-4,9,13H,5-8,10-11H2,1-2H3,(H,23,24). The van der Waals surface area contributed by atoms with Gasteiger partial charge in [-0.05, 0) is 30.5 Å². The fourth-order valence-corrected chi connectivity index (χ4v) is 4.15. The summed E-state index contributed by atoms with van der Waals surface area (Å²) >= 11 is 0. The molecular formula is C18H23FN2O4. The van der Waals surface area contributed by atoms with Gasteiger partial charge in [-0.2, -0.15) is 0 Å². The normalized spacial score (nSPS) is 23.2. The van der Waals surface area contributed by atoms with Crippen molar-refractivity contribution in [3.63, 3.8) is 0 Å². The number of benzene rings is 1. The van der Waals surface area contributed by atoms with Gasteiger partial charge in [0.15, 0.2) is 11.6 Å². The first kappa shape index (κ1) is 17.7. The first-order valence-corrected chi connectivity index (χ1v) is 8.41. The van der Waals surface area contributed by atoms with Crippen LogP contribution in [0, 0.1) is 11.7 Å². The fourth-order valence-electron chi connectivity index (χ4n) is 4.15. The van der Waals surface area contributed by atoms with Gasteiger partial charge in [0, 0.05) is 33.1 Å². The molecule has 1 aromatic rings. The molecule has 0 saturated carbocycles. The van der Waals surface area contributed by atoms with Crippen LogP contribution in [0.15, 0.2) is 18.2 Å². The summed E-state index contributed by atoms with van der Waals surface area (Å²) < 4.78 is 18.8. The van der Waals surface area contributed by atoms with Crippen LogP contribution in [0.3, 0.4) is 0 Å². The number of halogens is 1. The van der Waals surface area contributed by atoms with Crippen LogP contribution in [0.5, 0.6) is 5.75 Å². The summed E-state index contributed by atoms with van der Waals surface area (Å²) in [5.74, 6) is -1.82. The van der Waals surface area contributed by atoms with Gasteiger partial charge in [0.05, 0.1) is 18.6 Å². The Morgan fingerprint density at radius 3 is 2.64 bits per heavy atom. The van der Waals surface area contributed by atoms with E-state index in [-0.39, 0.29) is 23.9 Å². The first-order chi connectivity index (χ1) is 11.9. The van der Waals surface area contributed by atoms with E-state index >= 15 is 0 Å². The van der Waals surface area contributed by atoms with E-state index in [9.17, 15) is 19.1 Å². The zero-order chi connectivity index (χ0) is 18.2. The molecule has 2 fully saturated rings. The first-order valence-electron chi connectivity index (χ1n) is 8.41. The molecule has 1 aromatic carbocycles. The van der Waals surface area contributed by atoms with Crippen molar-refractivity contribution in [3.8, 4) is 5.75 Å². The van der Waals surface area contributed by atoms with Crippen molar-refractivity contribution in [2.75, 3.05) is 27.2 Å². The Morgan fingerprint density at radius 1 is 1.40 bits per heavy atom. The second-order valence-electron chi connectivity index (χ2n) is 6.90. The van der Waals surface area contributed by atoms with Crippen LogP contribution < -0.4 is 4.74 Å². The Hall–Kier alpha value is -2.15. The van der Waals surface area contributed by atoms with Gasteiger partial charge in [-0.3, -0.25) is 14.5 Å². The molecule has 2 saturated heterocycles. The summed E-state index contributed by atoms with van der Waals surface area (Å²) in [5.41, 5.74) is 0.254. The summed E-state index contributed by atoms with van der Waals surface area (Å²) in [6, 6.07) is 4.91. The Balaban J connectivity index is 1.68. The minimum Gasteiger partial charge on any atom is -0.494 e. The lowest BCUT2D eigenvalue weighted by Gasteiger charge is -2.45. The SMILES string of the molecule is COc1ccc(CN2CCC3(CC2)C(C(=O)O)CC(=O)N3C)cc1F. The Morgan fingerprint density at radius 2 is 2.08 bits per heavy atom. The molecule has 1 atom stereocenters. The summed E-state index contributed by atoms with van der Waals surface area (Å²) in [5, 5.41) is 9.50. The van der Waals surface area contributed by atoms with Crippen LogP contribution in [0.25, 0.3) is 0 Å². The predicted molar refractivity (Wildman–Crippen MR) is 88.7 cm³/mol. The highest BCUT2D eigenvalue weighted by Gasteiger charge is 2.55. The third kappa shape index (κ3) is 3.08. The van der Waals surface area contributed by atoms with E-state index in [1.807, 2.05) is 6.07 Å². The zero-order valence-corrected chi connectivity index (χ0v) is 14.5. The number of ether oxygens (including phenoxy) is 1. The zero-order valence-electron chi connectivity index (χ0n) is 14.5. The van der Waals surface area contributed by atoms with E-state index in [1.54, 1.807) is 18.0 Å². The van der Waals surface area contributed by atoms with Gasteiger partial charge in [-0.1, -0.05) is 6.07 Å². The molecule has 1 unspecified atom stereocenters. The lowest BCUT2D eigenvalue weighted by molar-refractivity contribution is -0.146. The molecule has 3 rings (SSSR count). The summed E-state index contributed by atoms with van der Waals surface area (Å²) in [6.45, 7) is 1.94. The molecule has 2 aliphatic rings. The van der Waals surface area contributed by atoms with Crippen molar-refractivity contribution in [2.24, 2.45) is 5.92 Å². The van der Waals surface area contributed by atoms with Gasteiger partial charge >= 0.3 is 5.97 Å². The number of hydrogen-bond acceptors (Lipinski definition) is 4. The van der Waals surface area contributed by atoms with Crippen molar-refractivity contribution in [1.29, 1.82) is 0 Å². The number of methoxy groups -OCH3 is 1. The molecule has 2 aliphatic heterocycles. The number of aliphatic carboxylic acids is 1. The quantitative estimate of drug-likeness (QED) is 0.896. The number of carboxylic acid groups (broad SMARTS) is 1. The molecule has 1 amide bonds. The van der Waals surface area contributed by atoms with E-state index in [0.717, 1.165) is 5.56 Å². The van der Waals surface area contributed by atoms with Crippen LogP contribution in [0.4, 0.5) is 4.39 Å². The second-order valence-corrected chi connectivity index (χ2v) is 6.90. The third-order valence-corrected chi connectivity index (χ3v) is 5.71. The maximum atomic E-state index is 13.8. The number of piperidine rings is 1. The predicted octanol–water partition coefficient (Wildman–Crippen LogP) is 1.73. The third-order valence-electron chi connectivity index (χ3n) is 5.71. The van der Waals surface area contributed by atoms with Crippen molar-refractivity contribution >= 4 is 11.9 Å². The minimum absolute atomic E-state index is 0.0789. The lowest BCUT2D eigenvalue weighted by Crippen LogP contribution is -2.55. The number of likely N-dealkylation sites (tertiary alicyclic amines) is 2. The van der Waals surface area contributed by atoms with Gasteiger partial charge in [-0.25, -0.2) is 4.39 Å². The minimum atomic E-state index is -0.900. The Bertz CT molecular complexity index is 686. The highest BCUT2D eigenvalue weighted by atomic mass is 19.1. The number of amides is 1. The number of rotatable bonds is 4. The van der Waals surface area contributed by atoms with E-state index in [4.69, 9.17) is 4.74 Å². The van der Waals surface area contributed by atoms with Gasteiger partial charge in [0.25, 0.3) is 0 Å². The van der Waals surface area contributed by atoms with E-state index in [0.29, 0.717) is 32.5 Å². The average Bonchev–Trinajstić information content (AvgIpc) is 2.83. The Labute approximate surface area is 146 Å². The number of carboxylic acids is 1. The van der Waals surface area contributed by atoms with Crippen LogP contribution in [-0.2, 0) is 16.1 Å². The highest BCUT2D eigenvalue weighted by molar-refractivity contribution is 5.88. The number of nitrogens with zero attached hydrogens (tertiary/aromatic N) is 2. The number of carbonyl (C=O) groups is 2. The Kier molecular flexibility index (Phi) is 4.69. The van der Waals surface area contributed by atoms with Crippen LogP contribution >= 0.6 is 0 Å². The molecule has 0 aromatic heterocycles. The van der Waals surface area contributed by atoms with Crippen LogP contribution in [-0.4, -0.2) is 59.6 Å². The van der Waals surface area contributed by atoms with E-state index in [2.05, 4.69) is 4.90 Å². The molecule has 25 heavy (non-hydrogen) atoms. The monoisotopic (exact) mass is 350 g/mol. The topological polar surface area (TPSA) is 70.1 Å². The molecule has 2 heterocycles. The highest BCUT2D eigenvalue weighted by Crippen LogP contribution is 2.43. The molecular weight excluding hydrogens is 327 g/mol. The molecule has 1 N–H and O–H groups in total. The molecule has 6 nitrogen and oxygen atoms in total. The van der Waals surface area contributed by atoms with Gasteiger partial charge in [-0.15, -0.1) is 0 Å². The van der Waals surface area contributed by atoms with E-state index < -0.39 is 17.4 Å². The molecule has 7 heteroatoms. The van der Waals surface area contributed by atoms with Crippen LogP contribution in [0.1, 0.15) is 24.8 Å². The number of hydrogen-bond donors (Lipinski definition) is 1. The lowest BCUT2D eigenvalue weighted by atomic mass is 9.77. The summed E-state index contributed by atoms with van der Waals surface area (Å²) in [4.78, 5) is 27.4. The van der Waals surface area contributed by atoms with Crippen molar-refractivity contribution in [3.05, 3.63) is 29.6 Å². The van der Waals surface area contributed by atoms with Gasteiger partial charge < -0.3 is 14.7 Å². The smallest absolute Gasteiger partial charge is 0.309 e. The molecule has 0 bridgehead atoms. The van der Waals surface area contributed by atoms with Gasteiger partial charge in [0.1, 0.15) is 0 Å². The van der Waals surface area contributed by atoms with Gasteiger partial charge in [0.2, 0.25) is 5.91 Å².